The predicted molar refractivity (Wildman–Crippen MR) is 109 cm³/mol. The van der Waals surface area contributed by atoms with E-state index in [1.54, 1.807) is 12.1 Å². The molecule has 2 fully saturated rings. The summed E-state index contributed by atoms with van der Waals surface area (Å²) in [5.74, 6) is 0.594. The lowest BCUT2D eigenvalue weighted by Gasteiger charge is -2.45. The fourth-order valence-corrected chi connectivity index (χ4v) is 4.69. The topological polar surface area (TPSA) is 88.0 Å². The molecule has 2 aromatic rings. The molecule has 27 heavy (non-hydrogen) atoms. The summed E-state index contributed by atoms with van der Waals surface area (Å²) in [5.41, 5.74) is 7.63. The molecule has 2 aliphatic carbocycles. The Hall–Kier alpha value is -2.11. The largest absolute Gasteiger partial charge is 0.349 e. The van der Waals surface area contributed by atoms with Gasteiger partial charge in [-0.25, -0.2) is 0 Å². The number of benzene rings is 1. The Morgan fingerprint density at radius 2 is 1.70 bits per heavy atom. The zero-order valence-corrected chi connectivity index (χ0v) is 16.0. The molecular formula is C21H26ClN3O2. The standard InChI is InChI=1S/C21H25N3O2.ClH/c22-16-11-14-7-4-8-15(12-16)19(14)24-21(26)17-9-10-18(23-20(17)25)13-5-2-1-3-6-13;/h1-3,5-6,9-10,14-16,19H,4,7-8,11-12,22H2,(H,23,25)(H,24,26);1H. The van der Waals surface area contributed by atoms with Crippen molar-refractivity contribution in [1.29, 1.82) is 0 Å². The number of carbonyl (C=O) groups is 1. The van der Waals surface area contributed by atoms with Gasteiger partial charge in [-0.05, 0) is 55.2 Å². The Morgan fingerprint density at radius 1 is 1.04 bits per heavy atom. The highest BCUT2D eigenvalue weighted by Crippen LogP contribution is 2.39. The molecule has 2 saturated carbocycles. The number of carbonyl (C=O) groups excluding carboxylic acids is 1. The highest BCUT2D eigenvalue weighted by atomic mass is 35.5. The van der Waals surface area contributed by atoms with Crippen LogP contribution in [0.4, 0.5) is 0 Å². The van der Waals surface area contributed by atoms with Gasteiger partial charge in [-0.3, -0.25) is 9.59 Å². The third-order valence-electron chi connectivity index (χ3n) is 5.91. The third-order valence-corrected chi connectivity index (χ3v) is 5.91. The molecule has 2 unspecified atom stereocenters. The molecule has 144 valence electrons. The van der Waals surface area contributed by atoms with Gasteiger partial charge >= 0.3 is 0 Å². The molecule has 4 N–H and O–H groups in total. The molecule has 1 aromatic carbocycles. The van der Waals surface area contributed by atoms with Gasteiger partial charge in [0.05, 0.1) is 0 Å². The number of halogens is 1. The molecule has 2 aliphatic rings. The van der Waals surface area contributed by atoms with E-state index < -0.39 is 0 Å². The number of aromatic nitrogens is 1. The van der Waals surface area contributed by atoms with Gasteiger partial charge in [0.1, 0.15) is 5.56 Å². The first-order chi connectivity index (χ1) is 12.6. The van der Waals surface area contributed by atoms with Crippen molar-refractivity contribution in [2.45, 2.75) is 44.2 Å². The monoisotopic (exact) mass is 387 g/mol. The van der Waals surface area contributed by atoms with E-state index in [9.17, 15) is 9.59 Å². The van der Waals surface area contributed by atoms with E-state index >= 15 is 0 Å². The molecular weight excluding hydrogens is 362 g/mol. The van der Waals surface area contributed by atoms with E-state index in [1.807, 2.05) is 30.3 Å². The summed E-state index contributed by atoms with van der Waals surface area (Å²) in [7, 11) is 0. The molecule has 1 heterocycles. The molecule has 5 nitrogen and oxygen atoms in total. The van der Waals surface area contributed by atoms with Crippen molar-refractivity contribution in [1.82, 2.24) is 10.3 Å². The lowest BCUT2D eigenvalue weighted by Crippen LogP contribution is -2.54. The van der Waals surface area contributed by atoms with Crippen LogP contribution in [0.2, 0.25) is 0 Å². The Labute approximate surface area is 165 Å². The number of hydrogen-bond donors (Lipinski definition) is 3. The number of nitrogens with one attached hydrogen (secondary N) is 2. The minimum atomic E-state index is -0.346. The summed E-state index contributed by atoms with van der Waals surface area (Å²) in [6.07, 6.45) is 5.35. The lowest BCUT2D eigenvalue weighted by molar-refractivity contribution is 0.0754. The average molecular weight is 388 g/mol. The second-order valence-corrected chi connectivity index (χ2v) is 7.66. The molecule has 4 rings (SSSR count). The zero-order chi connectivity index (χ0) is 18.1. The molecule has 0 aliphatic heterocycles. The number of aromatic amines is 1. The molecule has 6 heteroatoms. The maximum Gasteiger partial charge on any atom is 0.261 e. The molecule has 0 saturated heterocycles. The number of rotatable bonds is 3. The van der Waals surface area contributed by atoms with E-state index in [1.165, 1.54) is 6.42 Å². The van der Waals surface area contributed by atoms with Crippen LogP contribution in [0.3, 0.4) is 0 Å². The number of hydrogen-bond acceptors (Lipinski definition) is 3. The van der Waals surface area contributed by atoms with Crippen LogP contribution in [-0.2, 0) is 0 Å². The van der Waals surface area contributed by atoms with E-state index in [-0.39, 0.29) is 41.5 Å². The summed E-state index contributed by atoms with van der Waals surface area (Å²) < 4.78 is 0. The summed E-state index contributed by atoms with van der Waals surface area (Å²) >= 11 is 0. The van der Waals surface area contributed by atoms with E-state index in [0.29, 0.717) is 17.5 Å². The van der Waals surface area contributed by atoms with Crippen LogP contribution in [0.15, 0.2) is 47.3 Å². The Balaban J connectivity index is 0.00000210. The number of H-pyrrole nitrogens is 1. The fraction of sp³-hybridized carbons (Fsp3) is 0.429. The minimum Gasteiger partial charge on any atom is -0.349 e. The van der Waals surface area contributed by atoms with Crippen LogP contribution in [0.25, 0.3) is 11.3 Å². The summed E-state index contributed by atoms with van der Waals surface area (Å²) in [6.45, 7) is 0. The smallest absolute Gasteiger partial charge is 0.261 e. The molecule has 1 amide bonds. The van der Waals surface area contributed by atoms with E-state index in [2.05, 4.69) is 10.3 Å². The fourth-order valence-electron chi connectivity index (χ4n) is 4.69. The summed E-state index contributed by atoms with van der Waals surface area (Å²) in [4.78, 5) is 28.0. The number of pyridine rings is 1. The van der Waals surface area contributed by atoms with Crippen LogP contribution in [0, 0.1) is 11.8 Å². The SMILES string of the molecule is Cl.NC1CC2CCCC(C1)C2NC(=O)c1ccc(-c2ccccc2)[nH]c1=O. The number of fused-ring (bicyclic) bond motifs is 2. The normalized spacial score (nSPS) is 26.7. The molecule has 0 radical (unpaired) electrons. The first-order valence-electron chi connectivity index (χ1n) is 9.47. The van der Waals surface area contributed by atoms with Crippen molar-refractivity contribution < 1.29 is 4.79 Å². The average Bonchev–Trinajstić information content (AvgIpc) is 2.63. The van der Waals surface area contributed by atoms with Gasteiger partial charge < -0.3 is 16.0 Å². The molecule has 1 aromatic heterocycles. The lowest BCUT2D eigenvalue weighted by atomic mass is 9.67. The second kappa shape index (κ2) is 8.28. The minimum absolute atomic E-state index is 0. The van der Waals surface area contributed by atoms with E-state index in [0.717, 1.165) is 31.2 Å². The third kappa shape index (κ3) is 4.09. The van der Waals surface area contributed by atoms with Gasteiger partial charge in [0.15, 0.2) is 0 Å². The summed E-state index contributed by atoms with van der Waals surface area (Å²) in [5, 5.41) is 3.14. The predicted octanol–water partition coefficient (Wildman–Crippen LogP) is 3.10. The highest BCUT2D eigenvalue weighted by Gasteiger charge is 2.40. The van der Waals surface area contributed by atoms with Gasteiger partial charge in [0.2, 0.25) is 0 Å². The van der Waals surface area contributed by atoms with Gasteiger partial charge in [-0.15, -0.1) is 12.4 Å². The van der Waals surface area contributed by atoms with Gasteiger partial charge in [0, 0.05) is 17.8 Å². The van der Waals surface area contributed by atoms with Gasteiger partial charge in [-0.2, -0.15) is 0 Å². The first-order valence-corrected chi connectivity index (χ1v) is 9.47. The second-order valence-electron chi connectivity index (χ2n) is 7.66. The van der Waals surface area contributed by atoms with Crippen LogP contribution in [0.1, 0.15) is 42.5 Å². The van der Waals surface area contributed by atoms with Gasteiger partial charge in [0.25, 0.3) is 11.5 Å². The first kappa shape index (κ1) is 19.6. The van der Waals surface area contributed by atoms with Crippen molar-refractivity contribution in [2.24, 2.45) is 17.6 Å². The van der Waals surface area contributed by atoms with Crippen molar-refractivity contribution in [2.75, 3.05) is 0 Å². The molecule has 2 bridgehead atoms. The maximum atomic E-state index is 12.7. The zero-order valence-electron chi connectivity index (χ0n) is 15.2. The quantitative estimate of drug-likeness (QED) is 0.756. The molecule has 2 atom stereocenters. The number of amides is 1. The van der Waals surface area contributed by atoms with Crippen molar-refractivity contribution in [3.05, 3.63) is 58.4 Å². The van der Waals surface area contributed by atoms with Crippen LogP contribution >= 0.6 is 12.4 Å². The molecule has 0 spiro atoms. The summed E-state index contributed by atoms with van der Waals surface area (Å²) in [6, 6.07) is 13.4. The Morgan fingerprint density at radius 3 is 2.33 bits per heavy atom. The van der Waals surface area contributed by atoms with E-state index in [4.69, 9.17) is 5.73 Å². The Kier molecular flexibility index (Phi) is 6.02. The van der Waals surface area contributed by atoms with Crippen LogP contribution in [0.5, 0.6) is 0 Å². The van der Waals surface area contributed by atoms with Crippen molar-refractivity contribution in [3.63, 3.8) is 0 Å². The number of nitrogens with two attached hydrogens (primary N) is 1. The van der Waals surface area contributed by atoms with Crippen LogP contribution < -0.4 is 16.6 Å². The van der Waals surface area contributed by atoms with Crippen LogP contribution in [-0.4, -0.2) is 23.0 Å². The Bertz CT molecular complexity index is 838. The van der Waals surface area contributed by atoms with Crippen molar-refractivity contribution >= 4 is 18.3 Å². The maximum absolute atomic E-state index is 12.7. The van der Waals surface area contributed by atoms with Gasteiger partial charge in [-0.1, -0.05) is 36.8 Å². The van der Waals surface area contributed by atoms with Crippen molar-refractivity contribution in [3.8, 4) is 11.3 Å². The highest BCUT2D eigenvalue weighted by molar-refractivity contribution is 5.94.